The molecular weight excluding hydrogens is 319 g/mol. The zero-order chi connectivity index (χ0) is 16.6. The SMILES string of the molecule is CN(Cc1c(Cl)cnn1C)[C@@H]1CCN(c2ccccc2F)C1=O. The number of aromatic nitrogens is 2. The molecule has 0 aliphatic carbocycles. The molecule has 1 aromatic heterocycles. The van der Waals surface area contributed by atoms with Gasteiger partial charge in [-0.05, 0) is 25.6 Å². The number of hydrogen-bond acceptors (Lipinski definition) is 3. The van der Waals surface area contributed by atoms with E-state index in [-0.39, 0.29) is 17.8 Å². The first-order valence-electron chi connectivity index (χ1n) is 7.41. The van der Waals surface area contributed by atoms with Gasteiger partial charge < -0.3 is 4.90 Å². The number of likely N-dealkylation sites (N-methyl/N-ethyl adjacent to an activating group) is 1. The summed E-state index contributed by atoms with van der Waals surface area (Å²) >= 11 is 6.12. The van der Waals surface area contributed by atoms with Gasteiger partial charge in [0.15, 0.2) is 0 Å². The van der Waals surface area contributed by atoms with Crippen LogP contribution in [0, 0.1) is 5.82 Å². The average Bonchev–Trinajstić information content (AvgIpc) is 3.05. The van der Waals surface area contributed by atoms with Crippen LogP contribution in [0.25, 0.3) is 0 Å². The van der Waals surface area contributed by atoms with Gasteiger partial charge in [0.2, 0.25) is 5.91 Å². The highest BCUT2D eigenvalue weighted by Gasteiger charge is 2.36. The fraction of sp³-hybridized carbons (Fsp3) is 0.375. The van der Waals surface area contributed by atoms with E-state index in [1.807, 2.05) is 19.0 Å². The summed E-state index contributed by atoms with van der Waals surface area (Å²) in [6.07, 6.45) is 2.24. The third-order valence-electron chi connectivity index (χ3n) is 4.26. The summed E-state index contributed by atoms with van der Waals surface area (Å²) in [5.41, 5.74) is 1.19. The molecular formula is C16H18ClFN4O. The van der Waals surface area contributed by atoms with Crippen LogP contribution in [0.5, 0.6) is 0 Å². The molecule has 1 aromatic carbocycles. The smallest absolute Gasteiger partial charge is 0.244 e. The van der Waals surface area contributed by atoms with Crippen molar-refractivity contribution in [2.24, 2.45) is 7.05 Å². The highest BCUT2D eigenvalue weighted by Crippen LogP contribution is 2.27. The lowest BCUT2D eigenvalue weighted by Crippen LogP contribution is -2.39. The van der Waals surface area contributed by atoms with Crippen LogP contribution in [0.15, 0.2) is 30.5 Å². The summed E-state index contributed by atoms with van der Waals surface area (Å²) in [6, 6.07) is 6.06. The lowest BCUT2D eigenvalue weighted by molar-refractivity contribution is -0.121. The van der Waals surface area contributed by atoms with Crippen molar-refractivity contribution >= 4 is 23.2 Å². The van der Waals surface area contributed by atoms with Crippen LogP contribution in [0.1, 0.15) is 12.1 Å². The minimum atomic E-state index is -0.376. The molecule has 3 rings (SSSR count). The molecule has 1 aliphatic heterocycles. The third-order valence-corrected chi connectivity index (χ3v) is 4.58. The number of halogens is 2. The van der Waals surface area contributed by atoms with Gasteiger partial charge in [-0.15, -0.1) is 0 Å². The Hall–Kier alpha value is -1.92. The van der Waals surface area contributed by atoms with Crippen LogP contribution in [-0.2, 0) is 18.4 Å². The maximum absolute atomic E-state index is 13.9. The molecule has 1 atom stereocenters. The number of para-hydroxylation sites is 1. The number of nitrogens with zero attached hydrogens (tertiary/aromatic N) is 4. The van der Waals surface area contributed by atoms with Gasteiger partial charge in [-0.25, -0.2) is 4.39 Å². The maximum Gasteiger partial charge on any atom is 0.244 e. The Labute approximate surface area is 139 Å². The molecule has 0 saturated carbocycles. The van der Waals surface area contributed by atoms with E-state index in [9.17, 15) is 9.18 Å². The minimum absolute atomic E-state index is 0.0871. The van der Waals surface area contributed by atoms with Crippen molar-refractivity contribution < 1.29 is 9.18 Å². The Kier molecular flexibility index (Phi) is 4.37. The Bertz CT molecular complexity index is 713. The molecule has 2 aromatic rings. The predicted octanol–water partition coefficient (Wildman–Crippen LogP) is 2.45. The van der Waals surface area contributed by atoms with E-state index >= 15 is 0 Å². The van der Waals surface area contributed by atoms with Crippen molar-refractivity contribution in [3.63, 3.8) is 0 Å². The van der Waals surface area contributed by atoms with Gasteiger partial charge in [0.05, 0.1) is 28.6 Å². The fourth-order valence-electron chi connectivity index (χ4n) is 2.94. The Morgan fingerprint density at radius 1 is 1.43 bits per heavy atom. The summed E-state index contributed by atoms with van der Waals surface area (Å²) in [5.74, 6) is -0.463. The van der Waals surface area contributed by atoms with E-state index in [1.165, 1.54) is 11.0 Å². The highest BCUT2D eigenvalue weighted by atomic mass is 35.5. The molecule has 0 radical (unpaired) electrons. The van der Waals surface area contributed by atoms with E-state index in [1.54, 1.807) is 29.1 Å². The summed E-state index contributed by atoms with van der Waals surface area (Å²) in [4.78, 5) is 16.1. The minimum Gasteiger partial charge on any atom is -0.308 e. The van der Waals surface area contributed by atoms with Gasteiger partial charge in [-0.2, -0.15) is 5.10 Å². The van der Waals surface area contributed by atoms with Crippen LogP contribution in [0.4, 0.5) is 10.1 Å². The van der Waals surface area contributed by atoms with Crippen molar-refractivity contribution in [1.82, 2.24) is 14.7 Å². The molecule has 0 unspecified atom stereocenters. The quantitative estimate of drug-likeness (QED) is 0.861. The molecule has 1 aliphatic rings. The molecule has 0 N–H and O–H groups in total. The molecule has 5 nitrogen and oxygen atoms in total. The van der Waals surface area contributed by atoms with Gasteiger partial charge >= 0.3 is 0 Å². The van der Waals surface area contributed by atoms with Gasteiger partial charge in [-0.1, -0.05) is 23.7 Å². The van der Waals surface area contributed by atoms with Gasteiger partial charge in [0.1, 0.15) is 5.82 Å². The van der Waals surface area contributed by atoms with Crippen molar-refractivity contribution in [3.05, 3.63) is 47.0 Å². The first-order chi connectivity index (χ1) is 11.0. The molecule has 1 saturated heterocycles. The van der Waals surface area contributed by atoms with Crippen molar-refractivity contribution in [2.75, 3.05) is 18.5 Å². The summed E-state index contributed by atoms with van der Waals surface area (Å²) in [7, 11) is 3.69. The van der Waals surface area contributed by atoms with Crippen LogP contribution >= 0.6 is 11.6 Å². The van der Waals surface area contributed by atoms with E-state index in [0.29, 0.717) is 30.2 Å². The predicted molar refractivity (Wildman–Crippen MR) is 86.8 cm³/mol. The highest BCUT2D eigenvalue weighted by molar-refractivity contribution is 6.31. The van der Waals surface area contributed by atoms with Crippen LogP contribution < -0.4 is 4.90 Å². The van der Waals surface area contributed by atoms with Crippen LogP contribution in [0.2, 0.25) is 5.02 Å². The molecule has 1 fully saturated rings. The summed E-state index contributed by atoms with van der Waals surface area (Å²) in [5, 5.41) is 4.68. The largest absolute Gasteiger partial charge is 0.308 e. The number of carbonyl (C=O) groups is 1. The third kappa shape index (κ3) is 2.96. The molecule has 1 amide bonds. The number of aryl methyl sites for hydroxylation is 1. The van der Waals surface area contributed by atoms with E-state index < -0.39 is 0 Å². The second kappa shape index (κ2) is 6.29. The first-order valence-corrected chi connectivity index (χ1v) is 7.79. The number of carbonyl (C=O) groups excluding carboxylic acids is 1. The monoisotopic (exact) mass is 336 g/mol. The van der Waals surface area contributed by atoms with Crippen molar-refractivity contribution in [3.8, 4) is 0 Å². The van der Waals surface area contributed by atoms with Gasteiger partial charge in [-0.3, -0.25) is 14.4 Å². The molecule has 0 bridgehead atoms. The van der Waals surface area contributed by atoms with Crippen molar-refractivity contribution in [1.29, 1.82) is 0 Å². The topological polar surface area (TPSA) is 41.4 Å². The second-order valence-electron chi connectivity index (χ2n) is 5.72. The molecule has 122 valence electrons. The lowest BCUT2D eigenvalue weighted by atomic mass is 10.2. The number of benzene rings is 1. The Morgan fingerprint density at radius 2 is 2.17 bits per heavy atom. The molecule has 23 heavy (non-hydrogen) atoms. The second-order valence-corrected chi connectivity index (χ2v) is 6.13. The Morgan fingerprint density at radius 3 is 2.83 bits per heavy atom. The normalized spacial score (nSPS) is 18.2. The standard InChI is InChI=1S/C16H18ClFN4O/c1-20(10-15-11(17)9-19-21(15)2)14-7-8-22(16(14)23)13-6-4-3-5-12(13)18/h3-6,9,14H,7-8,10H2,1-2H3/t14-/m1/s1. The average molecular weight is 337 g/mol. The van der Waals surface area contributed by atoms with E-state index in [0.717, 1.165) is 5.69 Å². The van der Waals surface area contributed by atoms with E-state index in [4.69, 9.17) is 11.6 Å². The molecule has 7 heteroatoms. The van der Waals surface area contributed by atoms with Crippen LogP contribution in [0.3, 0.4) is 0 Å². The van der Waals surface area contributed by atoms with Gasteiger partial charge in [0, 0.05) is 20.1 Å². The van der Waals surface area contributed by atoms with Gasteiger partial charge in [0.25, 0.3) is 0 Å². The maximum atomic E-state index is 13.9. The first kappa shape index (κ1) is 16.0. The summed E-state index contributed by atoms with van der Waals surface area (Å²) < 4.78 is 15.6. The number of rotatable bonds is 4. The zero-order valence-corrected chi connectivity index (χ0v) is 13.8. The van der Waals surface area contributed by atoms with Crippen LogP contribution in [-0.4, -0.2) is 40.2 Å². The lowest BCUT2D eigenvalue weighted by Gasteiger charge is -2.24. The molecule has 0 spiro atoms. The Balaban J connectivity index is 1.75. The summed E-state index contributed by atoms with van der Waals surface area (Å²) in [6.45, 7) is 1.02. The van der Waals surface area contributed by atoms with Crippen molar-refractivity contribution in [2.45, 2.75) is 19.0 Å². The number of anilines is 1. The zero-order valence-electron chi connectivity index (χ0n) is 13.0. The molecule has 2 heterocycles. The fourth-order valence-corrected chi connectivity index (χ4v) is 3.17. The number of hydrogen-bond donors (Lipinski definition) is 0. The van der Waals surface area contributed by atoms with E-state index in [2.05, 4.69) is 5.10 Å². The number of amides is 1.